The number of nitrogens with two attached hydrogens (primary N) is 1. The van der Waals surface area contributed by atoms with Gasteiger partial charge in [0.05, 0.1) is 17.0 Å². The van der Waals surface area contributed by atoms with E-state index in [1.807, 2.05) is 30.3 Å². The third kappa shape index (κ3) is 3.93. The lowest BCUT2D eigenvalue weighted by Crippen LogP contribution is -2.37. The molecule has 0 saturated carbocycles. The van der Waals surface area contributed by atoms with E-state index in [1.54, 1.807) is 10.8 Å². The Bertz CT molecular complexity index is 1490. The highest BCUT2D eigenvalue weighted by atomic mass is 19.1. The van der Waals surface area contributed by atoms with Gasteiger partial charge in [-0.05, 0) is 43.5 Å². The normalized spacial score (nSPS) is 27.3. The smallest absolute Gasteiger partial charge is 0.173 e. The molecule has 0 amide bonds. The van der Waals surface area contributed by atoms with Crippen LogP contribution in [-0.2, 0) is 9.47 Å². The van der Waals surface area contributed by atoms with Crippen molar-refractivity contribution < 1.29 is 23.7 Å². The fourth-order valence-corrected chi connectivity index (χ4v) is 5.54. The molecule has 3 N–H and O–H groups in total. The van der Waals surface area contributed by atoms with E-state index in [0.717, 1.165) is 48.2 Å². The largest absolute Gasteiger partial charge is 0.491 e. The maximum Gasteiger partial charge on any atom is 0.173 e. The van der Waals surface area contributed by atoms with Crippen molar-refractivity contribution in [1.29, 1.82) is 0 Å². The van der Waals surface area contributed by atoms with Gasteiger partial charge < -0.3 is 34.5 Å². The first-order valence-electron chi connectivity index (χ1n) is 13.1. The summed E-state index contributed by atoms with van der Waals surface area (Å²) in [6.07, 6.45) is 0.839. The van der Waals surface area contributed by atoms with Crippen LogP contribution in [0.3, 0.4) is 0 Å². The van der Waals surface area contributed by atoms with E-state index in [2.05, 4.69) is 14.9 Å². The molecule has 11 heteroatoms. The lowest BCUT2D eigenvalue weighted by molar-refractivity contribution is -0.0412. The molecule has 3 aliphatic rings. The van der Waals surface area contributed by atoms with Crippen molar-refractivity contribution in [2.45, 2.75) is 50.0 Å². The van der Waals surface area contributed by atoms with Gasteiger partial charge in [-0.15, -0.1) is 0 Å². The number of aromatic nitrogens is 4. The Labute approximate surface area is 218 Å². The van der Waals surface area contributed by atoms with E-state index in [9.17, 15) is 5.11 Å². The fourth-order valence-electron chi connectivity index (χ4n) is 5.54. The van der Waals surface area contributed by atoms with E-state index in [4.69, 9.17) is 24.9 Å². The Hall–Kier alpha value is -3.54. The van der Waals surface area contributed by atoms with Crippen molar-refractivity contribution in [3.8, 4) is 5.75 Å². The summed E-state index contributed by atoms with van der Waals surface area (Å²) in [4.78, 5) is 15.5. The maximum absolute atomic E-state index is 15.5. The number of ether oxygens (including phenoxy) is 3. The number of alkyl halides is 1. The SMILES string of the molecule is Nc1ncnc2c1c([C@@H]1CCCO1)cn2[C@@H]1O[C@H](COc2ccc3ccc(N4CCC4)nc3c2)[C@@H](O)[C@@H]1F. The van der Waals surface area contributed by atoms with Crippen LogP contribution in [-0.4, -0.2) is 69.3 Å². The minimum Gasteiger partial charge on any atom is -0.491 e. The zero-order valence-corrected chi connectivity index (χ0v) is 20.7. The van der Waals surface area contributed by atoms with Crippen molar-refractivity contribution in [3.63, 3.8) is 0 Å². The van der Waals surface area contributed by atoms with Crippen LogP contribution in [0.4, 0.5) is 16.0 Å². The van der Waals surface area contributed by atoms with Gasteiger partial charge in [0.2, 0.25) is 0 Å². The second-order valence-corrected chi connectivity index (χ2v) is 10.1. The van der Waals surface area contributed by atoms with E-state index in [1.165, 1.54) is 12.7 Å². The molecule has 1 aromatic carbocycles. The summed E-state index contributed by atoms with van der Waals surface area (Å²) in [6.45, 7) is 2.66. The topological polar surface area (TPSA) is 121 Å². The number of anilines is 2. The molecule has 0 bridgehead atoms. The lowest BCUT2D eigenvalue weighted by atomic mass is 10.1. The zero-order valence-electron chi connectivity index (χ0n) is 20.7. The highest BCUT2D eigenvalue weighted by Gasteiger charge is 2.46. The number of benzene rings is 1. The van der Waals surface area contributed by atoms with Crippen LogP contribution in [0.2, 0.25) is 0 Å². The zero-order chi connectivity index (χ0) is 25.8. The first kappa shape index (κ1) is 23.6. The molecular formula is C27H29FN6O4. The van der Waals surface area contributed by atoms with Crippen molar-refractivity contribution in [2.24, 2.45) is 0 Å². The van der Waals surface area contributed by atoms with Crippen molar-refractivity contribution in [2.75, 3.05) is 36.9 Å². The molecule has 3 fully saturated rings. The first-order valence-corrected chi connectivity index (χ1v) is 13.1. The molecule has 6 heterocycles. The molecule has 10 nitrogen and oxygen atoms in total. The van der Waals surface area contributed by atoms with Gasteiger partial charge in [-0.2, -0.15) is 0 Å². The predicted octanol–water partition coefficient (Wildman–Crippen LogP) is 3.30. The molecule has 5 atom stereocenters. The van der Waals surface area contributed by atoms with Crippen LogP contribution in [0.1, 0.15) is 37.2 Å². The number of rotatable bonds is 6. The van der Waals surface area contributed by atoms with Crippen LogP contribution < -0.4 is 15.4 Å². The summed E-state index contributed by atoms with van der Waals surface area (Å²) >= 11 is 0. The molecule has 0 spiro atoms. The van der Waals surface area contributed by atoms with Crippen molar-refractivity contribution in [3.05, 3.63) is 48.4 Å². The maximum atomic E-state index is 15.5. The summed E-state index contributed by atoms with van der Waals surface area (Å²) in [6, 6.07) is 9.71. The van der Waals surface area contributed by atoms with Gasteiger partial charge in [-0.3, -0.25) is 0 Å². The summed E-state index contributed by atoms with van der Waals surface area (Å²) in [7, 11) is 0. The molecule has 3 aromatic heterocycles. The number of aliphatic hydroxyl groups excluding tert-OH is 1. The van der Waals surface area contributed by atoms with Gasteiger partial charge in [0, 0.05) is 42.9 Å². The molecule has 38 heavy (non-hydrogen) atoms. The number of halogens is 1. The third-order valence-corrected chi connectivity index (χ3v) is 7.76. The number of pyridine rings is 1. The van der Waals surface area contributed by atoms with Gasteiger partial charge in [0.25, 0.3) is 0 Å². The Morgan fingerprint density at radius 3 is 2.82 bits per heavy atom. The summed E-state index contributed by atoms with van der Waals surface area (Å²) in [5, 5.41) is 12.4. The Morgan fingerprint density at radius 1 is 1.16 bits per heavy atom. The first-order chi connectivity index (χ1) is 18.6. The van der Waals surface area contributed by atoms with Gasteiger partial charge in [-0.1, -0.05) is 0 Å². The molecule has 0 radical (unpaired) electrons. The van der Waals surface area contributed by atoms with Crippen molar-refractivity contribution >= 4 is 33.6 Å². The second kappa shape index (κ2) is 9.33. The molecule has 0 unspecified atom stereocenters. The average Bonchev–Trinajstić information content (AvgIpc) is 3.61. The van der Waals surface area contributed by atoms with Crippen LogP contribution in [0, 0.1) is 0 Å². The van der Waals surface area contributed by atoms with E-state index in [0.29, 0.717) is 29.2 Å². The van der Waals surface area contributed by atoms with E-state index in [-0.39, 0.29) is 12.7 Å². The highest BCUT2D eigenvalue weighted by molar-refractivity contribution is 5.90. The van der Waals surface area contributed by atoms with Crippen LogP contribution >= 0.6 is 0 Å². The van der Waals surface area contributed by atoms with Crippen LogP contribution in [0.5, 0.6) is 5.75 Å². The molecule has 4 aromatic rings. The summed E-state index contributed by atoms with van der Waals surface area (Å²) < 4.78 is 34.9. The van der Waals surface area contributed by atoms with Crippen molar-refractivity contribution in [1.82, 2.24) is 19.5 Å². The predicted molar refractivity (Wildman–Crippen MR) is 139 cm³/mol. The van der Waals surface area contributed by atoms with Gasteiger partial charge >= 0.3 is 0 Å². The number of nitrogen functional groups attached to an aromatic ring is 1. The fraction of sp³-hybridized carbons (Fsp3) is 0.444. The molecule has 3 saturated heterocycles. The summed E-state index contributed by atoms with van der Waals surface area (Å²) in [5.41, 5.74) is 8.26. The van der Waals surface area contributed by atoms with Crippen LogP contribution in [0.25, 0.3) is 21.9 Å². The summed E-state index contributed by atoms with van der Waals surface area (Å²) in [5.74, 6) is 1.83. The molecule has 3 aliphatic heterocycles. The standard InChI is InChI=1S/C27H29FN6O4/c28-23-24(35)20(13-37-16-6-4-15-5-7-21(32-18(15)11-16)33-8-2-9-33)38-27(23)34-12-17(19-3-1-10-36-19)22-25(29)30-14-31-26(22)34/h4-7,11-12,14,19-20,23-24,27,35H,1-3,8-10,13H2,(H2,29,30,31)/t19-,20+,23-,24+,27+/m0/s1. The Balaban J connectivity index is 1.11. The number of hydrogen-bond acceptors (Lipinski definition) is 9. The Morgan fingerprint density at radius 2 is 2.03 bits per heavy atom. The highest BCUT2D eigenvalue weighted by Crippen LogP contribution is 2.40. The number of aliphatic hydroxyl groups is 1. The molecule has 0 aliphatic carbocycles. The van der Waals surface area contributed by atoms with Gasteiger partial charge in [0.15, 0.2) is 12.4 Å². The van der Waals surface area contributed by atoms with Gasteiger partial charge in [0.1, 0.15) is 48.2 Å². The number of hydrogen-bond donors (Lipinski definition) is 2. The van der Waals surface area contributed by atoms with Crippen LogP contribution in [0.15, 0.2) is 42.9 Å². The Kier molecular flexibility index (Phi) is 5.79. The minimum atomic E-state index is -1.69. The minimum absolute atomic E-state index is 0.0235. The molecule has 7 rings (SSSR count). The van der Waals surface area contributed by atoms with E-state index < -0.39 is 24.6 Å². The number of nitrogens with zero attached hydrogens (tertiary/aromatic N) is 5. The molecular weight excluding hydrogens is 491 g/mol. The molecule has 198 valence electrons. The van der Waals surface area contributed by atoms with Gasteiger partial charge in [-0.25, -0.2) is 19.3 Å². The van der Waals surface area contributed by atoms with E-state index >= 15 is 4.39 Å². The number of fused-ring (bicyclic) bond motifs is 2. The average molecular weight is 521 g/mol. The monoisotopic (exact) mass is 520 g/mol. The second-order valence-electron chi connectivity index (χ2n) is 10.1. The third-order valence-electron chi connectivity index (χ3n) is 7.76. The quantitative estimate of drug-likeness (QED) is 0.394. The lowest BCUT2D eigenvalue weighted by Gasteiger charge is -2.32.